The van der Waals surface area contributed by atoms with Gasteiger partial charge in [-0.15, -0.1) is 11.3 Å². The summed E-state index contributed by atoms with van der Waals surface area (Å²) in [5, 5.41) is 3.86. The summed E-state index contributed by atoms with van der Waals surface area (Å²) in [5.41, 5.74) is 1.65. The molecule has 3 aliphatic rings. The third-order valence-corrected chi connectivity index (χ3v) is 5.81. The summed E-state index contributed by atoms with van der Waals surface area (Å²) < 4.78 is 0. The molecular formula is C15H21NS. The first-order chi connectivity index (χ1) is 8.40. The largest absolute Gasteiger partial charge is 0.309 e. The molecule has 92 valence electrons. The van der Waals surface area contributed by atoms with Crippen LogP contribution in [0, 0.1) is 11.8 Å². The first-order valence-corrected chi connectivity index (χ1v) is 8.05. The zero-order chi connectivity index (χ0) is 11.2. The summed E-state index contributed by atoms with van der Waals surface area (Å²) in [6.07, 6.45) is 9.99. The van der Waals surface area contributed by atoms with E-state index in [4.69, 9.17) is 0 Å². The van der Waals surface area contributed by atoms with Crippen LogP contribution < -0.4 is 5.32 Å². The Morgan fingerprint density at radius 1 is 1.18 bits per heavy atom. The predicted molar refractivity (Wildman–Crippen MR) is 72.4 cm³/mol. The van der Waals surface area contributed by atoms with Gasteiger partial charge in [0.1, 0.15) is 0 Å². The van der Waals surface area contributed by atoms with Crippen LogP contribution in [0.2, 0.25) is 0 Å². The van der Waals surface area contributed by atoms with E-state index in [1.165, 1.54) is 44.9 Å². The van der Waals surface area contributed by atoms with Crippen LogP contribution in [0.25, 0.3) is 0 Å². The molecule has 4 rings (SSSR count). The van der Waals surface area contributed by atoms with Crippen molar-refractivity contribution in [3.63, 3.8) is 0 Å². The normalized spacial score (nSPS) is 23.4. The summed E-state index contributed by atoms with van der Waals surface area (Å²) in [6, 6.07) is 3.32. The first-order valence-electron chi connectivity index (χ1n) is 7.24. The Labute approximate surface area is 108 Å². The molecule has 0 aliphatic heterocycles. The maximum Gasteiger partial charge on any atom is 0.0302 e. The Balaban J connectivity index is 1.39. The van der Waals surface area contributed by atoms with Gasteiger partial charge < -0.3 is 5.32 Å². The zero-order valence-electron chi connectivity index (χ0n) is 10.4. The quantitative estimate of drug-likeness (QED) is 0.839. The molecule has 0 spiro atoms. The molecule has 3 aliphatic carbocycles. The molecule has 17 heavy (non-hydrogen) atoms. The highest BCUT2D eigenvalue weighted by Gasteiger charge is 2.40. The van der Waals surface area contributed by atoms with E-state index in [-0.39, 0.29) is 0 Å². The Bertz CT molecular complexity index is 381. The average molecular weight is 247 g/mol. The number of fused-ring (bicyclic) bond motifs is 1. The van der Waals surface area contributed by atoms with E-state index in [2.05, 4.69) is 22.7 Å². The van der Waals surface area contributed by atoms with Crippen molar-refractivity contribution in [3.8, 4) is 0 Å². The minimum Gasteiger partial charge on any atom is -0.309 e. The van der Waals surface area contributed by atoms with E-state index in [0.717, 1.165) is 24.4 Å². The Hall–Kier alpha value is -0.340. The van der Waals surface area contributed by atoms with Crippen LogP contribution in [0.15, 0.2) is 6.07 Å². The minimum absolute atomic E-state index is 0.854. The number of rotatable bonds is 5. The fraction of sp³-hybridized carbons (Fsp3) is 0.733. The number of hydrogen-bond donors (Lipinski definition) is 1. The number of aryl methyl sites for hydroxylation is 2. The molecule has 2 saturated carbocycles. The van der Waals surface area contributed by atoms with Crippen LogP contribution in [-0.2, 0) is 19.4 Å². The molecule has 2 heteroatoms. The second-order valence-corrected chi connectivity index (χ2v) is 7.32. The van der Waals surface area contributed by atoms with E-state index < -0.39 is 0 Å². The van der Waals surface area contributed by atoms with Gasteiger partial charge in [-0.25, -0.2) is 0 Å². The van der Waals surface area contributed by atoms with Crippen LogP contribution in [0.5, 0.6) is 0 Å². The molecule has 1 N–H and O–H groups in total. The lowest BCUT2D eigenvalue weighted by atomic mass is 10.1. The SMILES string of the molecule is c1c(CNC(C2CC2)C2CC2)sc2c1CCC2. The van der Waals surface area contributed by atoms with Crippen molar-refractivity contribution < 1.29 is 0 Å². The third kappa shape index (κ3) is 2.17. The van der Waals surface area contributed by atoms with Crippen molar-refractivity contribution in [1.29, 1.82) is 0 Å². The molecule has 0 saturated heterocycles. The fourth-order valence-electron chi connectivity index (χ4n) is 3.33. The Kier molecular flexibility index (Phi) is 2.55. The molecule has 1 aromatic rings. The molecule has 0 aromatic carbocycles. The Morgan fingerprint density at radius 3 is 2.59 bits per heavy atom. The number of nitrogens with one attached hydrogen (secondary N) is 1. The van der Waals surface area contributed by atoms with E-state index >= 15 is 0 Å². The molecule has 0 unspecified atom stereocenters. The second-order valence-electron chi connectivity index (χ2n) is 6.10. The van der Waals surface area contributed by atoms with Crippen molar-refractivity contribution in [2.24, 2.45) is 11.8 Å². The van der Waals surface area contributed by atoms with Gasteiger partial charge in [0.2, 0.25) is 0 Å². The summed E-state index contributed by atoms with van der Waals surface area (Å²) in [5.74, 6) is 2.05. The monoisotopic (exact) mass is 247 g/mol. The molecule has 1 aromatic heterocycles. The molecule has 1 heterocycles. The van der Waals surface area contributed by atoms with Crippen molar-refractivity contribution in [3.05, 3.63) is 21.4 Å². The van der Waals surface area contributed by atoms with Gasteiger partial charge >= 0.3 is 0 Å². The summed E-state index contributed by atoms with van der Waals surface area (Å²) in [7, 11) is 0. The lowest BCUT2D eigenvalue weighted by Crippen LogP contribution is -2.32. The molecule has 0 atom stereocenters. The highest BCUT2D eigenvalue weighted by Crippen LogP contribution is 2.44. The van der Waals surface area contributed by atoms with Crippen LogP contribution in [0.1, 0.15) is 47.4 Å². The van der Waals surface area contributed by atoms with Gasteiger partial charge in [-0.05, 0) is 68.4 Å². The molecule has 2 fully saturated rings. The van der Waals surface area contributed by atoms with E-state index in [1.54, 1.807) is 15.3 Å². The zero-order valence-corrected chi connectivity index (χ0v) is 11.2. The van der Waals surface area contributed by atoms with Gasteiger partial charge in [0.15, 0.2) is 0 Å². The predicted octanol–water partition coefficient (Wildman–Crippen LogP) is 3.52. The maximum absolute atomic E-state index is 3.86. The summed E-state index contributed by atoms with van der Waals surface area (Å²) in [4.78, 5) is 3.26. The van der Waals surface area contributed by atoms with Gasteiger partial charge in [-0.2, -0.15) is 0 Å². The second kappa shape index (κ2) is 4.10. The van der Waals surface area contributed by atoms with Gasteiger partial charge in [-0.1, -0.05) is 0 Å². The van der Waals surface area contributed by atoms with Gasteiger partial charge in [0.25, 0.3) is 0 Å². The molecule has 0 radical (unpaired) electrons. The fourth-order valence-corrected chi connectivity index (χ4v) is 4.54. The van der Waals surface area contributed by atoms with Crippen molar-refractivity contribution in [1.82, 2.24) is 5.32 Å². The smallest absolute Gasteiger partial charge is 0.0302 e. The Morgan fingerprint density at radius 2 is 1.94 bits per heavy atom. The van der Waals surface area contributed by atoms with Gasteiger partial charge in [0, 0.05) is 22.3 Å². The van der Waals surface area contributed by atoms with Crippen molar-refractivity contribution in [2.75, 3.05) is 0 Å². The number of hydrogen-bond acceptors (Lipinski definition) is 2. The van der Waals surface area contributed by atoms with Crippen molar-refractivity contribution >= 4 is 11.3 Å². The summed E-state index contributed by atoms with van der Waals surface area (Å²) >= 11 is 2.07. The molecule has 1 nitrogen and oxygen atoms in total. The van der Waals surface area contributed by atoms with Crippen LogP contribution in [0.4, 0.5) is 0 Å². The van der Waals surface area contributed by atoms with Crippen LogP contribution in [0.3, 0.4) is 0 Å². The number of thiophene rings is 1. The topological polar surface area (TPSA) is 12.0 Å². The van der Waals surface area contributed by atoms with E-state index in [0.29, 0.717) is 0 Å². The molecule has 0 bridgehead atoms. The van der Waals surface area contributed by atoms with Crippen molar-refractivity contribution in [2.45, 2.75) is 57.5 Å². The highest BCUT2D eigenvalue weighted by atomic mass is 32.1. The van der Waals surface area contributed by atoms with Gasteiger partial charge in [-0.3, -0.25) is 0 Å². The van der Waals surface area contributed by atoms with E-state index in [1.807, 2.05) is 0 Å². The maximum atomic E-state index is 3.86. The standard InChI is InChI=1S/C15H21NS/c1-2-12-8-13(17-14(12)3-1)9-16-15(10-4-5-10)11-6-7-11/h8,10-11,15-16H,1-7,9H2. The minimum atomic E-state index is 0.854. The lowest BCUT2D eigenvalue weighted by molar-refractivity contribution is 0.417. The van der Waals surface area contributed by atoms with Crippen LogP contribution in [-0.4, -0.2) is 6.04 Å². The van der Waals surface area contributed by atoms with E-state index in [9.17, 15) is 0 Å². The highest BCUT2D eigenvalue weighted by molar-refractivity contribution is 7.12. The average Bonchev–Trinajstić information content (AvgIpc) is 3.20. The molecular weight excluding hydrogens is 226 g/mol. The molecule has 0 amide bonds. The van der Waals surface area contributed by atoms with Gasteiger partial charge in [0.05, 0.1) is 0 Å². The van der Waals surface area contributed by atoms with Crippen LogP contribution >= 0.6 is 11.3 Å². The third-order valence-electron chi connectivity index (χ3n) is 4.57. The first kappa shape index (κ1) is 10.6. The lowest BCUT2D eigenvalue weighted by Gasteiger charge is -2.16. The summed E-state index contributed by atoms with van der Waals surface area (Å²) in [6.45, 7) is 1.13.